The van der Waals surface area contributed by atoms with Gasteiger partial charge in [-0.1, -0.05) is 0 Å². The molecule has 1 N–H and O–H groups in total. The van der Waals surface area contributed by atoms with Gasteiger partial charge >= 0.3 is 0 Å². The predicted molar refractivity (Wildman–Crippen MR) is 81.1 cm³/mol. The summed E-state index contributed by atoms with van der Waals surface area (Å²) >= 11 is 1.76. The van der Waals surface area contributed by atoms with Gasteiger partial charge in [-0.2, -0.15) is 11.3 Å². The Labute approximate surface area is 125 Å². The highest BCUT2D eigenvalue weighted by Crippen LogP contribution is 2.32. The summed E-state index contributed by atoms with van der Waals surface area (Å²) in [5.74, 6) is 0. The largest absolute Gasteiger partial charge is 0.390 e. The van der Waals surface area contributed by atoms with Gasteiger partial charge in [-0.15, -0.1) is 0 Å². The van der Waals surface area contributed by atoms with Crippen LogP contribution in [-0.2, 0) is 4.74 Å². The van der Waals surface area contributed by atoms with Crippen molar-refractivity contribution in [1.82, 2.24) is 9.80 Å². The van der Waals surface area contributed by atoms with Gasteiger partial charge in [0, 0.05) is 32.2 Å². The predicted octanol–water partition coefficient (Wildman–Crippen LogP) is 1.58. The number of aliphatic hydroxyl groups is 1. The number of rotatable bonds is 5. The highest BCUT2D eigenvalue weighted by atomic mass is 32.1. The number of aliphatic hydroxyl groups excluding tert-OH is 1. The van der Waals surface area contributed by atoms with Gasteiger partial charge in [0.1, 0.15) is 0 Å². The molecule has 4 nitrogen and oxygen atoms in total. The maximum atomic E-state index is 10.4. The zero-order valence-corrected chi connectivity index (χ0v) is 12.7. The van der Waals surface area contributed by atoms with Crippen LogP contribution in [0.2, 0.25) is 0 Å². The molecule has 0 aliphatic carbocycles. The first-order chi connectivity index (χ1) is 9.83. The zero-order chi connectivity index (χ0) is 13.8. The summed E-state index contributed by atoms with van der Waals surface area (Å²) < 4.78 is 5.35. The van der Waals surface area contributed by atoms with Crippen molar-refractivity contribution in [3.8, 4) is 0 Å². The molecule has 2 aliphatic rings. The average molecular weight is 296 g/mol. The van der Waals surface area contributed by atoms with E-state index in [0.29, 0.717) is 6.04 Å². The van der Waals surface area contributed by atoms with Crippen molar-refractivity contribution in [3.63, 3.8) is 0 Å². The van der Waals surface area contributed by atoms with E-state index >= 15 is 0 Å². The van der Waals surface area contributed by atoms with Crippen molar-refractivity contribution in [3.05, 3.63) is 22.4 Å². The lowest BCUT2D eigenvalue weighted by Gasteiger charge is -2.31. The van der Waals surface area contributed by atoms with Crippen LogP contribution in [-0.4, -0.2) is 66.9 Å². The number of ether oxygens (including phenoxy) is 1. The number of hydrogen-bond acceptors (Lipinski definition) is 5. The first-order valence-electron chi connectivity index (χ1n) is 7.57. The van der Waals surface area contributed by atoms with Gasteiger partial charge in [-0.3, -0.25) is 9.80 Å². The van der Waals surface area contributed by atoms with Gasteiger partial charge in [0.25, 0.3) is 0 Å². The summed E-state index contributed by atoms with van der Waals surface area (Å²) in [6.45, 7) is 6.17. The van der Waals surface area contributed by atoms with E-state index in [1.54, 1.807) is 11.3 Å². The molecule has 3 heterocycles. The van der Waals surface area contributed by atoms with Crippen LogP contribution in [0.4, 0.5) is 0 Å². The molecule has 0 unspecified atom stereocenters. The van der Waals surface area contributed by atoms with Crippen LogP contribution in [0.1, 0.15) is 24.4 Å². The van der Waals surface area contributed by atoms with Crippen LogP contribution in [0.25, 0.3) is 0 Å². The Hall–Kier alpha value is -0.460. The van der Waals surface area contributed by atoms with Gasteiger partial charge in [-0.25, -0.2) is 0 Å². The van der Waals surface area contributed by atoms with E-state index in [-0.39, 0.29) is 6.10 Å². The standard InChI is InChI=1S/C15H24N2O2S/c18-14(10-16-5-7-19-8-6-16)11-17-4-1-2-15(17)13-3-9-20-12-13/h3,9,12,14-15,18H,1-2,4-8,10-11H2/t14-,15+/m0/s1. The maximum absolute atomic E-state index is 10.4. The molecule has 1 aromatic heterocycles. The fourth-order valence-electron chi connectivity index (χ4n) is 3.30. The lowest BCUT2D eigenvalue weighted by atomic mass is 10.1. The number of β-amino-alcohol motifs (C(OH)–C–C–N with tert-alkyl or cyclic N) is 1. The van der Waals surface area contributed by atoms with E-state index in [9.17, 15) is 5.11 Å². The Kier molecular flexibility index (Phi) is 5.07. The summed E-state index contributed by atoms with van der Waals surface area (Å²) in [6.07, 6.45) is 2.21. The second-order valence-corrected chi connectivity index (χ2v) is 6.56. The van der Waals surface area contributed by atoms with Crippen LogP contribution >= 0.6 is 11.3 Å². The minimum Gasteiger partial charge on any atom is -0.390 e. The SMILES string of the molecule is O[C@@H](CN1CCOCC1)CN1CCC[C@@H]1c1ccsc1. The number of hydrogen-bond donors (Lipinski definition) is 1. The van der Waals surface area contributed by atoms with Crippen molar-refractivity contribution in [2.75, 3.05) is 45.9 Å². The second-order valence-electron chi connectivity index (χ2n) is 5.78. The Morgan fingerprint density at radius 1 is 1.30 bits per heavy atom. The van der Waals surface area contributed by atoms with Gasteiger partial charge in [0.05, 0.1) is 19.3 Å². The Morgan fingerprint density at radius 3 is 2.90 bits per heavy atom. The van der Waals surface area contributed by atoms with E-state index in [0.717, 1.165) is 45.9 Å². The van der Waals surface area contributed by atoms with Crippen molar-refractivity contribution in [2.24, 2.45) is 0 Å². The molecule has 1 aromatic rings. The molecule has 0 saturated carbocycles. The van der Waals surface area contributed by atoms with Crippen LogP contribution in [0.15, 0.2) is 16.8 Å². The lowest BCUT2D eigenvalue weighted by molar-refractivity contribution is 0.00586. The minimum absolute atomic E-state index is 0.257. The summed E-state index contributed by atoms with van der Waals surface area (Å²) in [5.41, 5.74) is 1.42. The molecule has 2 atom stereocenters. The third kappa shape index (κ3) is 3.59. The van der Waals surface area contributed by atoms with Crippen LogP contribution in [0.3, 0.4) is 0 Å². The number of morpholine rings is 1. The Bertz CT molecular complexity index is 393. The summed E-state index contributed by atoms with van der Waals surface area (Å²) in [6, 6.07) is 2.74. The first kappa shape index (κ1) is 14.5. The molecule has 0 aromatic carbocycles. The molecule has 3 rings (SSSR count). The summed E-state index contributed by atoms with van der Waals surface area (Å²) in [7, 11) is 0. The van der Waals surface area contributed by atoms with Crippen molar-refractivity contribution < 1.29 is 9.84 Å². The quantitative estimate of drug-likeness (QED) is 0.895. The number of nitrogens with zero attached hydrogens (tertiary/aromatic N) is 2. The van der Waals surface area contributed by atoms with Gasteiger partial charge in [0.2, 0.25) is 0 Å². The molecular weight excluding hydrogens is 272 g/mol. The van der Waals surface area contributed by atoms with Crippen molar-refractivity contribution in [2.45, 2.75) is 25.0 Å². The molecule has 5 heteroatoms. The Morgan fingerprint density at radius 2 is 2.15 bits per heavy atom. The smallest absolute Gasteiger partial charge is 0.0794 e. The molecule has 2 fully saturated rings. The molecule has 2 saturated heterocycles. The van der Waals surface area contributed by atoms with Crippen LogP contribution in [0.5, 0.6) is 0 Å². The van der Waals surface area contributed by atoms with Crippen LogP contribution in [0, 0.1) is 0 Å². The van der Waals surface area contributed by atoms with E-state index in [1.807, 2.05) is 0 Å². The molecule has 0 amide bonds. The molecule has 0 radical (unpaired) electrons. The molecule has 20 heavy (non-hydrogen) atoms. The minimum atomic E-state index is -0.257. The zero-order valence-electron chi connectivity index (χ0n) is 11.9. The number of thiophene rings is 1. The van der Waals surface area contributed by atoms with Gasteiger partial charge in [-0.05, 0) is 41.8 Å². The van der Waals surface area contributed by atoms with Gasteiger partial charge in [0.15, 0.2) is 0 Å². The summed E-state index contributed by atoms with van der Waals surface area (Å²) in [4.78, 5) is 4.76. The molecule has 0 bridgehead atoms. The monoisotopic (exact) mass is 296 g/mol. The molecular formula is C15H24N2O2S. The highest BCUT2D eigenvalue weighted by molar-refractivity contribution is 7.07. The van der Waals surface area contributed by atoms with Crippen molar-refractivity contribution in [1.29, 1.82) is 0 Å². The topological polar surface area (TPSA) is 35.9 Å². The van der Waals surface area contributed by atoms with E-state index < -0.39 is 0 Å². The van der Waals surface area contributed by atoms with Crippen LogP contribution < -0.4 is 0 Å². The first-order valence-corrected chi connectivity index (χ1v) is 8.51. The fourth-order valence-corrected chi connectivity index (χ4v) is 4.00. The average Bonchev–Trinajstić information content (AvgIpc) is 3.10. The molecule has 112 valence electrons. The Balaban J connectivity index is 1.51. The second kappa shape index (κ2) is 7.00. The lowest BCUT2D eigenvalue weighted by Crippen LogP contribution is -2.44. The third-order valence-corrected chi connectivity index (χ3v) is 5.01. The van der Waals surface area contributed by atoms with E-state index in [2.05, 4.69) is 26.6 Å². The molecule has 2 aliphatic heterocycles. The van der Waals surface area contributed by atoms with E-state index in [1.165, 1.54) is 18.4 Å². The van der Waals surface area contributed by atoms with Gasteiger partial charge < -0.3 is 9.84 Å². The number of likely N-dealkylation sites (tertiary alicyclic amines) is 1. The normalized spacial score (nSPS) is 26.9. The summed E-state index contributed by atoms with van der Waals surface area (Å²) in [5, 5.41) is 14.8. The van der Waals surface area contributed by atoms with Crippen molar-refractivity contribution >= 4 is 11.3 Å². The highest BCUT2D eigenvalue weighted by Gasteiger charge is 2.28. The molecule has 0 spiro atoms. The third-order valence-electron chi connectivity index (χ3n) is 4.31. The fraction of sp³-hybridized carbons (Fsp3) is 0.733. The van der Waals surface area contributed by atoms with E-state index in [4.69, 9.17) is 4.74 Å². The maximum Gasteiger partial charge on any atom is 0.0794 e.